The Bertz CT molecular complexity index is 1150. The van der Waals surface area contributed by atoms with Crippen LogP contribution in [0, 0.1) is 10.1 Å². The first-order chi connectivity index (χ1) is 15.2. The number of benzene rings is 2. The number of fused-ring (bicyclic) bond motifs is 2. The Labute approximate surface area is 187 Å². The molecule has 3 rings (SSSR count). The van der Waals surface area contributed by atoms with Crippen LogP contribution in [0.15, 0.2) is 46.1 Å². The molecule has 0 fully saturated rings. The molecule has 1 aromatic heterocycles. The number of nitro benzene ring substituents is 1. The van der Waals surface area contributed by atoms with Gasteiger partial charge >= 0.3 is 17.2 Å². The molecule has 0 bridgehead atoms. The average Bonchev–Trinajstić information content (AvgIpc) is 2.73. The van der Waals surface area contributed by atoms with Gasteiger partial charge in [-0.15, -0.1) is 0 Å². The van der Waals surface area contributed by atoms with Gasteiger partial charge in [-0.25, -0.2) is 4.31 Å². The Morgan fingerprint density at radius 3 is 2.09 bits per heavy atom. The third-order valence-electron chi connectivity index (χ3n) is 4.29. The zero-order valence-corrected chi connectivity index (χ0v) is 18.9. The van der Waals surface area contributed by atoms with Gasteiger partial charge in [0.25, 0.3) is 5.69 Å². The van der Waals surface area contributed by atoms with Crippen molar-refractivity contribution in [2.75, 3.05) is 26.3 Å². The number of aromatic amines is 1. The summed E-state index contributed by atoms with van der Waals surface area (Å²) in [4.78, 5) is 62.8. The van der Waals surface area contributed by atoms with Crippen molar-refractivity contribution < 1.29 is 33.5 Å². The number of pyridine rings is 1. The molecule has 15 heteroatoms. The number of hydrogen-bond acceptors (Lipinski definition) is 11. The highest BCUT2D eigenvalue weighted by Gasteiger charge is 2.14. The van der Waals surface area contributed by atoms with E-state index < -0.39 is 22.1 Å². The highest BCUT2D eigenvalue weighted by Crippen LogP contribution is 2.29. The highest BCUT2D eigenvalue weighted by molar-refractivity contribution is 7.97. The zero-order chi connectivity index (χ0) is 23.3. The van der Waals surface area contributed by atoms with Gasteiger partial charge in [0.15, 0.2) is 5.43 Å². The van der Waals surface area contributed by atoms with Gasteiger partial charge in [-0.3, -0.25) is 14.9 Å². The molecule has 3 aromatic rings. The number of H-pyrrole nitrogens is 1. The number of nitrogens with zero attached hydrogens (tertiary/aromatic N) is 2. The maximum absolute atomic E-state index is 13.0. The molecule has 0 aliphatic carbocycles. The first-order valence-electron chi connectivity index (χ1n) is 9.03. The van der Waals surface area contributed by atoms with Crippen LogP contribution in [-0.4, -0.2) is 60.1 Å². The third kappa shape index (κ3) is 6.63. The van der Waals surface area contributed by atoms with E-state index in [1.165, 1.54) is 30.1 Å². The van der Waals surface area contributed by atoms with Crippen LogP contribution in [-0.2, 0) is 9.05 Å². The maximum atomic E-state index is 13.0. The summed E-state index contributed by atoms with van der Waals surface area (Å²) in [6.45, 7) is 0.504. The van der Waals surface area contributed by atoms with Gasteiger partial charge < -0.3 is 33.6 Å². The summed E-state index contributed by atoms with van der Waals surface area (Å²) in [7, 11) is -5.01. The van der Waals surface area contributed by atoms with E-state index in [2.05, 4.69) is 4.98 Å². The molecule has 0 spiro atoms. The lowest BCUT2D eigenvalue weighted by Crippen LogP contribution is -2.24. The zero-order valence-electron chi connectivity index (χ0n) is 16.3. The van der Waals surface area contributed by atoms with Crippen LogP contribution in [0.2, 0.25) is 0 Å². The van der Waals surface area contributed by atoms with Crippen LogP contribution in [0.3, 0.4) is 0 Å². The first-order valence-corrected chi connectivity index (χ1v) is 12.1. The fourth-order valence-electron chi connectivity index (χ4n) is 2.91. The van der Waals surface area contributed by atoms with Crippen molar-refractivity contribution in [1.29, 1.82) is 0 Å². The lowest BCUT2D eigenvalue weighted by molar-refractivity contribution is -0.384. The number of nitro groups is 1. The summed E-state index contributed by atoms with van der Waals surface area (Å²) in [6, 6.07) is 9.18. The molecule has 0 aliphatic rings. The second-order valence-corrected chi connectivity index (χ2v) is 9.04. The second-order valence-electron chi connectivity index (χ2n) is 6.34. The van der Waals surface area contributed by atoms with Crippen LogP contribution < -0.4 is 5.43 Å². The number of aromatic nitrogens is 1. The monoisotopic (exact) mass is 503 g/mol. The van der Waals surface area contributed by atoms with Gasteiger partial charge in [-0.05, 0) is 36.2 Å². The van der Waals surface area contributed by atoms with Crippen LogP contribution >= 0.6 is 29.2 Å². The van der Waals surface area contributed by atoms with Crippen LogP contribution in [0.4, 0.5) is 5.69 Å². The summed E-state index contributed by atoms with van der Waals surface area (Å²) in [5, 5.41) is 11.6. The summed E-state index contributed by atoms with van der Waals surface area (Å²) in [5.41, 5.74) is 0.518. The fourth-order valence-corrected chi connectivity index (χ4v) is 4.33. The van der Waals surface area contributed by atoms with Crippen molar-refractivity contribution in [3.05, 3.63) is 56.7 Å². The molecule has 12 nitrogen and oxygen atoms in total. The second kappa shape index (κ2) is 11.4. The molecule has 32 heavy (non-hydrogen) atoms. The number of rotatable bonds is 11. The Kier molecular flexibility index (Phi) is 8.86. The Morgan fingerprint density at radius 1 is 0.969 bits per heavy atom. The minimum absolute atomic E-state index is 0.00118. The Balaban J connectivity index is 1.87. The molecule has 0 unspecified atom stereocenters. The molecule has 1 heterocycles. The van der Waals surface area contributed by atoms with Crippen LogP contribution in [0.5, 0.6) is 0 Å². The van der Waals surface area contributed by atoms with E-state index in [1.807, 2.05) is 0 Å². The Hall–Kier alpha value is -1.76. The quantitative estimate of drug-likeness (QED) is 0.0853. The Morgan fingerprint density at radius 2 is 1.53 bits per heavy atom. The van der Waals surface area contributed by atoms with E-state index in [4.69, 9.17) is 28.6 Å². The van der Waals surface area contributed by atoms with E-state index >= 15 is 0 Å². The predicted octanol–water partition coefficient (Wildman–Crippen LogP) is 2.35. The van der Waals surface area contributed by atoms with E-state index in [9.17, 15) is 14.9 Å². The fraction of sp³-hybridized carbons (Fsp3) is 0.235. The third-order valence-corrected chi connectivity index (χ3v) is 6.21. The molecule has 0 saturated heterocycles. The predicted molar refractivity (Wildman–Crippen MR) is 121 cm³/mol. The van der Waals surface area contributed by atoms with Crippen molar-refractivity contribution in [3.63, 3.8) is 0 Å². The minimum atomic E-state index is -2.50. The molecule has 0 amide bonds. The number of non-ortho nitro benzene ring substituents is 1. The smallest absolute Gasteiger partial charge is 0.327 e. The summed E-state index contributed by atoms with van der Waals surface area (Å²) >= 11 is 1.23. The molecule has 0 saturated carbocycles. The van der Waals surface area contributed by atoms with Gasteiger partial charge in [0.2, 0.25) is 0 Å². The van der Waals surface area contributed by atoms with E-state index in [-0.39, 0.29) is 42.8 Å². The topological polar surface area (TPSA) is 179 Å². The van der Waals surface area contributed by atoms with Crippen molar-refractivity contribution in [1.82, 2.24) is 9.29 Å². The maximum Gasteiger partial charge on any atom is 0.327 e. The SMILES string of the molecule is O=c1c2cc(SN(CCOP(O)O)CCOP(O)O)ccc2[nH]c2ccc([N+](=O)[O-])cc12. The van der Waals surface area contributed by atoms with Crippen molar-refractivity contribution in [2.24, 2.45) is 0 Å². The average molecular weight is 503 g/mol. The molecular weight excluding hydrogens is 484 g/mol. The highest BCUT2D eigenvalue weighted by atomic mass is 32.2. The molecule has 2 aromatic carbocycles. The minimum Gasteiger partial charge on any atom is -0.354 e. The molecule has 0 aliphatic heterocycles. The first kappa shape index (κ1) is 24.9. The number of hydrogen-bond donors (Lipinski definition) is 5. The summed E-state index contributed by atoms with van der Waals surface area (Å²) in [6.07, 6.45) is 0. The van der Waals surface area contributed by atoms with Crippen molar-refractivity contribution in [3.8, 4) is 0 Å². The molecular formula is C17H19N3O9P2S. The van der Waals surface area contributed by atoms with Gasteiger partial charge in [0.1, 0.15) is 0 Å². The molecule has 5 N–H and O–H groups in total. The molecule has 0 atom stereocenters. The lowest BCUT2D eigenvalue weighted by Gasteiger charge is -2.21. The number of nitrogens with one attached hydrogen (secondary N) is 1. The van der Waals surface area contributed by atoms with Crippen molar-refractivity contribution >= 4 is 56.6 Å². The molecule has 0 radical (unpaired) electrons. The van der Waals surface area contributed by atoms with E-state index in [0.717, 1.165) is 0 Å². The van der Waals surface area contributed by atoms with Gasteiger partial charge in [0, 0.05) is 41.0 Å². The summed E-state index contributed by atoms with van der Waals surface area (Å²) in [5.74, 6) is 0. The van der Waals surface area contributed by atoms with Crippen LogP contribution in [0.1, 0.15) is 0 Å². The van der Waals surface area contributed by atoms with Gasteiger partial charge in [-0.1, -0.05) is 0 Å². The van der Waals surface area contributed by atoms with Gasteiger partial charge in [0.05, 0.1) is 29.0 Å². The standard InChI is InChI=1S/C17H19N3O9P2S/c21-17-13-9-11(20(22)23)1-3-15(13)18-16-4-2-12(10-14(16)17)32-19(5-7-28-30(24)25)6-8-29-31(26)27/h1-4,9-10,24-27H,5-8H2,(H,18,21). The van der Waals surface area contributed by atoms with Gasteiger partial charge in [-0.2, -0.15) is 0 Å². The van der Waals surface area contributed by atoms with Crippen molar-refractivity contribution in [2.45, 2.75) is 4.90 Å². The van der Waals surface area contributed by atoms with E-state index in [0.29, 0.717) is 21.3 Å². The van der Waals surface area contributed by atoms with E-state index in [1.54, 1.807) is 22.5 Å². The lowest BCUT2D eigenvalue weighted by atomic mass is 10.1. The van der Waals surface area contributed by atoms with Crippen LogP contribution in [0.25, 0.3) is 21.8 Å². The largest absolute Gasteiger partial charge is 0.354 e. The normalized spacial score (nSPS) is 12.0. The summed E-state index contributed by atoms with van der Waals surface area (Å²) < 4.78 is 11.3. The molecule has 172 valence electrons.